The van der Waals surface area contributed by atoms with E-state index in [-0.39, 0.29) is 22.8 Å². The number of rotatable bonds is 7. The van der Waals surface area contributed by atoms with Crippen LogP contribution >= 0.6 is 23.4 Å². The van der Waals surface area contributed by atoms with Crippen LogP contribution in [-0.2, 0) is 9.59 Å². The Labute approximate surface area is 162 Å². The first kappa shape index (κ1) is 20.1. The Morgan fingerprint density at radius 3 is 2.54 bits per heavy atom. The minimum Gasteiger partial charge on any atom is -0.495 e. The minimum absolute atomic E-state index is 0.146. The summed E-state index contributed by atoms with van der Waals surface area (Å²) in [5.74, 6) is 0.388. The minimum atomic E-state index is -0.390. The van der Waals surface area contributed by atoms with E-state index < -0.39 is 0 Å². The lowest BCUT2D eigenvalue weighted by molar-refractivity contribution is -0.115. The van der Waals surface area contributed by atoms with Crippen LogP contribution in [0.3, 0.4) is 0 Å². The van der Waals surface area contributed by atoms with Gasteiger partial charge in [0, 0.05) is 11.4 Å². The summed E-state index contributed by atoms with van der Waals surface area (Å²) in [5, 5.41) is 5.64. The Hall–Kier alpha value is -2.18. The molecule has 0 aliphatic carbocycles. The predicted octanol–water partition coefficient (Wildman–Crippen LogP) is 4.36. The summed E-state index contributed by atoms with van der Waals surface area (Å²) in [6.45, 7) is 3.72. The molecule has 0 fully saturated rings. The number of halogens is 1. The van der Waals surface area contributed by atoms with Crippen molar-refractivity contribution in [3.63, 3.8) is 0 Å². The molecule has 26 heavy (non-hydrogen) atoms. The molecule has 0 radical (unpaired) electrons. The molecular weight excluding hydrogens is 372 g/mol. The van der Waals surface area contributed by atoms with E-state index in [1.807, 2.05) is 31.2 Å². The monoisotopic (exact) mass is 392 g/mol. The van der Waals surface area contributed by atoms with Crippen LogP contribution in [0.1, 0.15) is 12.5 Å². The third kappa shape index (κ3) is 5.97. The van der Waals surface area contributed by atoms with Crippen LogP contribution < -0.4 is 15.4 Å². The van der Waals surface area contributed by atoms with Crippen LogP contribution in [0.15, 0.2) is 42.5 Å². The highest BCUT2D eigenvalue weighted by Crippen LogP contribution is 2.27. The second kappa shape index (κ2) is 9.50. The van der Waals surface area contributed by atoms with Gasteiger partial charge in [-0.05, 0) is 49.7 Å². The zero-order valence-corrected chi connectivity index (χ0v) is 16.4. The maximum Gasteiger partial charge on any atom is 0.237 e. The molecule has 2 rings (SSSR count). The first-order valence-corrected chi connectivity index (χ1v) is 9.44. The molecule has 0 unspecified atom stereocenters. The van der Waals surface area contributed by atoms with Crippen molar-refractivity contribution in [1.29, 1.82) is 0 Å². The second-order valence-electron chi connectivity index (χ2n) is 5.71. The van der Waals surface area contributed by atoms with Crippen LogP contribution in [0.25, 0.3) is 0 Å². The first-order valence-electron chi connectivity index (χ1n) is 8.01. The molecule has 5 nitrogen and oxygen atoms in total. The number of hydrogen-bond acceptors (Lipinski definition) is 4. The van der Waals surface area contributed by atoms with Crippen LogP contribution in [0.5, 0.6) is 5.75 Å². The number of nitrogens with one attached hydrogen (secondary N) is 2. The van der Waals surface area contributed by atoms with Gasteiger partial charge >= 0.3 is 0 Å². The average Bonchev–Trinajstić information content (AvgIpc) is 2.59. The van der Waals surface area contributed by atoms with E-state index in [0.717, 1.165) is 11.3 Å². The van der Waals surface area contributed by atoms with Gasteiger partial charge in [-0.1, -0.05) is 23.7 Å². The van der Waals surface area contributed by atoms with Gasteiger partial charge in [-0.25, -0.2) is 0 Å². The van der Waals surface area contributed by atoms with E-state index in [2.05, 4.69) is 10.6 Å². The van der Waals surface area contributed by atoms with Gasteiger partial charge in [0.05, 0.1) is 23.1 Å². The number of hydrogen-bond donors (Lipinski definition) is 2. The average molecular weight is 393 g/mol. The number of carbonyl (C=O) groups excluding carboxylic acids is 2. The van der Waals surface area contributed by atoms with Gasteiger partial charge in [0.1, 0.15) is 5.75 Å². The summed E-state index contributed by atoms with van der Waals surface area (Å²) >= 11 is 7.31. The fourth-order valence-corrected chi connectivity index (χ4v) is 3.13. The lowest BCUT2D eigenvalue weighted by Crippen LogP contribution is -2.25. The number of carbonyl (C=O) groups is 2. The Bertz CT molecular complexity index is 798. The Morgan fingerprint density at radius 2 is 1.88 bits per heavy atom. The number of ether oxygens (including phenoxy) is 1. The lowest BCUT2D eigenvalue weighted by atomic mass is 10.2. The third-order valence-corrected chi connectivity index (χ3v) is 4.99. The summed E-state index contributed by atoms with van der Waals surface area (Å²) in [4.78, 5) is 24.3. The highest BCUT2D eigenvalue weighted by Gasteiger charge is 2.16. The van der Waals surface area contributed by atoms with Crippen LogP contribution in [0.4, 0.5) is 11.4 Å². The van der Waals surface area contributed by atoms with Crippen LogP contribution in [0, 0.1) is 6.92 Å². The van der Waals surface area contributed by atoms with E-state index in [0.29, 0.717) is 16.5 Å². The van der Waals surface area contributed by atoms with Crippen molar-refractivity contribution in [2.45, 2.75) is 19.1 Å². The number of anilines is 2. The summed E-state index contributed by atoms with van der Waals surface area (Å²) < 4.78 is 5.08. The maximum atomic E-state index is 12.3. The van der Waals surface area contributed by atoms with Gasteiger partial charge < -0.3 is 15.4 Å². The number of benzene rings is 2. The van der Waals surface area contributed by atoms with Crippen molar-refractivity contribution < 1.29 is 14.3 Å². The molecule has 7 heteroatoms. The highest BCUT2D eigenvalue weighted by molar-refractivity contribution is 8.01. The summed E-state index contributed by atoms with van der Waals surface area (Å²) in [6.07, 6.45) is 0. The number of thioether (sulfide) groups is 1. The fraction of sp³-hybridized carbons (Fsp3) is 0.263. The van der Waals surface area contributed by atoms with E-state index in [1.54, 1.807) is 25.1 Å². The normalized spacial score (nSPS) is 11.5. The quantitative estimate of drug-likeness (QED) is 0.734. The van der Waals surface area contributed by atoms with Crippen molar-refractivity contribution in [2.24, 2.45) is 0 Å². The molecule has 2 aromatic rings. The van der Waals surface area contributed by atoms with Crippen molar-refractivity contribution in [2.75, 3.05) is 23.5 Å². The van der Waals surface area contributed by atoms with Gasteiger partial charge in [0.15, 0.2) is 0 Å². The largest absolute Gasteiger partial charge is 0.495 e. The topological polar surface area (TPSA) is 67.4 Å². The highest BCUT2D eigenvalue weighted by atomic mass is 35.5. The zero-order valence-electron chi connectivity index (χ0n) is 14.8. The molecule has 2 aromatic carbocycles. The standard InChI is InChI=1S/C19H21ClN2O3S/c1-12-5-4-6-14(9-12)21-18(23)11-26-13(2)19(24)22-15-7-8-17(25-3)16(20)10-15/h4-10,13H,11H2,1-3H3,(H,21,23)(H,22,24)/t13-/m1/s1. The van der Waals surface area contributed by atoms with Gasteiger partial charge in [-0.3, -0.25) is 9.59 Å². The smallest absolute Gasteiger partial charge is 0.237 e. The Balaban J connectivity index is 1.83. The van der Waals surface area contributed by atoms with Crippen molar-refractivity contribution in [3.8, 4) is 5.75 Å². The molecule has 2 N–H and O–H groups in total. The molecule has 0 aliphatic rings. The van der Waals surface area contributed by atoms with Crippen molar-refractivity contribution in [1.82, 2.24) is 0 Å². The molecule has 138 valence electrons. The molecule has 0 bridgehead atoms. The van der Waals surface area contributed by atoms with Gasteiger partial charge in [0.25, 0.3) is 0 Å². The summed E-state index contributed by atoms with van der Waals surface area (Å²) in [5.41, 5.74) is 2.40. The van der Waals surface area contributed by atoms with Gasteiger partial charge in [-0.15, -0.1) is 11.8 Å². The van der Waals surface area contributed by atoms with E-state index in [1.165, 1.54) is 18.9 Å². The molecular formula is C19H21ClN2O3S. The number of methoxy groups -OCH3 is 1. The molecule has 0 saturated carbocycles. The summed E-state index contributed by atoms with van der Waals surface area (Å²) in [6, 6.07) is 12.6. The van der Waals surface area contributed by atoms with Crippen LogP contribution in [-0.4, -0.2) is 29.9 Å². The maximum absolute atomic E-state index is 12.3. The molecule has 2 amide bonds. The van der Waals surface area contributed by atoms with Crippen molar-refractivity contribution >= 4 is 46.6 Å². The van der Waals surface area contributed by atoms with Crippen LogP contribution in [0.2, 0.25) is 5.02 Å². The van der Waals surface area contributed by atoms with E-state index in [9.17, 15) is 9.59 Å². The zero-order chi connectivity index (χ0) is 19.1. The molecule has 0 aliphatic heterocycles. The van der Waals surface area contributed by atoms with Gasteiger partial charge in [-0.2, -0.15) is 0 Å². The molecule has 0 heterocycles. The van der Waals surface area contributed by atoms with E-state index >= 15 is 0 Å². The fourth-order valence-electron chi connectivity index (χ4n) is 2.18. The first-order chi connectivity index (χ1) is 12.4. The second-order valence-corrected chi connectivity index (χ2v) is 7.45. The summed E-state index contributed by atoms with van der Waals surface area (Å²) in [7, 11) is 1.53. The number of amides is 2. The molecule has 0 saturated heterocycles. The molecule has 1 atom stereocenters. The van der Waals surface area contributed by atoms with E-state index in [4.69, 9.17) is 16.3 Å². The SMILES string of the molecule is COc1ccc(NC(=O)[C@@H](C)SCC(=O)Nc2cccc(C)c2)cc1Cl. The Kier molecular flexibility index (Phi) is 7.36. The van der Waals surface area contributed by atoms with Gasteiger partial charge in [0.2, 0.25) is 11.8 Å². The lowest BCUT2D eigenvalue weighted by Gasteiger charge is -2.13. The third-order valence-electron chi connectivity index (χ3n) is 3.55. The predicted molar refractivity (Wildman–Crippen MR) is 108 cm³/mol. The Morgan fingerprint density at radius 1 is 1.15 bits per heavy atom. The van der Waals surface area contributed by atoms with Crippen molar-refractivity contribution in [3.05, 3.63) is 53.1 Å². The number of aryl methyl sites for hydroxylation is 1. The molecule has 0 aromatic heterocycles. The molecule has 0 spiro atoms.